The number of sulfonamides is 1. The topological polar surface area (TPSA) is 90.0 Å². The first-order valence-electron chi connectivity index (χ1n) is 6.33. The van der Waals surface area contributed by atoms with E-state index in [-0.39, 0.29) is 5.75 Å². The molecular weight excluding hydrogens is 276 g/mol. The van der Waals surface area contributed by atoms with Gasteiger partial charge in [-0.3, -0.25) is 0 Å². The number of nitrogens with two attached hydrogens (primary N) is 1. The number of nitrogen functional groups attached to an aromatic ring is 1. The van der Waals surface area contributed by atoms with Crippen LogP contribution in [0.5, 0.6) is 0 Å². The fourth-order valence-electron chi connectivity index (χ4n) is 1.83. The van der Waals surface area contributed by atoms with E-state index in [0.717, 1.165) is 6.54 Å². The van der Waals surface area contributed by atoms with Gasteiger partial charge in [0, 0.05) is 31.2 Å². The summed E-state index contributed by atoms with van der Waals surface area (Å²) in [7, 11) is -3.35. The van der Waals surface area contributed by atoms with Gasteiger partial charge in [0.2, 0.25) is 10.0 Å². The van der Waals surface area contributed by atoms with E-state index in [1.54, 1.807) is 36.8 Å². The molecule has 6 nitrogen and oxygen atoms in total. The second-order valence-electron chi connectivity index (χ2n) is 4.51. The first-order valence-corrected chi connectivity index (χ1v) is 7.98. The van der Waals surface area contributed by atoms with Crippen molar-refractivity contribution in [2.45, 2.75) is 18.7 Å². The molecule has 0 aliphatic carbocycles. The lowest BCUT2D eigenvalue weighted by Crippen LogP contribution is -2.27. The highest BCUT2D eigenvalue weighted by molar-refractivity contribution is 7.88. The summed E-state index contributed by atoms with van der Waals surface area (Å²) in [6, 6.07) is 6.98. The van der Waals surface area contributed by atoms with Gasteiger partial charge in [-0.05, 0) is 18.1 Å². The van der Waals surface area contributed by atoms with Crippen molar-refractivity contribution >= 4 is 15.7 Å². The van der Waals surface area contributed by atoms with Crippen molar-refractivity contribution in [2.24, 2.45) is 0 Å². The Balaban J connectivity index is 1.81. The molecule has 3 N–H and O–H groups in total. The van der Waals surface area contributed by atoms with Crippen LogP contribution >= 0.6 is 0 Å². The predicted octanol–water partition coefficient (Wildman–Crippen LogP) is 0.975. The summed E-state index contributed by atoms with van der Waals surface area (Å²) in [4.78, 5) is 3.93. The number of hydrogen-bond donors (Lipinski definition) is 2. The summed E-state index contributed by atoms with van der Waals surface area (Å²) >= 11 is 0. The van der Waals surface area contributed by atoms with Crippen molar-refractivity contribution in [3.05, 3.63) is 48.5 Å². The van der Waals surface area contributed by atoms with Crippen LogP contribution in [0, 0.1) is 0 Å². The summed E-state index contributed by atoms with van der Waals surface area (Å²) in [6.07, 6.45) is 5.96. The molecule has 1 aromatic heterocycles. The number of rotatable bonds is 7. The zero-order valence-electron chi connectivity index (χ0n) is 11.1. The molecule has 0 bridgehead atoms. The third-order valence-corrected chi connectivity index (χ3v) is 4.21. The van der Waals surface area contributed by atoms with Crippen LogP contribution in [-0.2, 0) is 22.3 Å². The number of para-hydroxylation sites is 1. The Hall–Kier alpha value is -1.86. The molecule has 0 saturated carbocycles. The Morgan fingerprint density at radius 2 is 2.10 bits per heavy atom. The van der Waals surface area contributed by atoms with Crippen LogP contribution < -0.4 is 10.5 Å². The molecule has 0 aliphatic heterocycles. The summed E-state index contributed by atoms with van der Waals surface area (Å²) in [6.45, 7) is 1.13. The molecule has 2 aromatic rings. The first-order chi connectivity index (χ1) is 9.57. The Kier molecular flexibility index (Phi) is 4.75. The monoisotopic (exact) mass is 294 g/mol. The molecule has 1 aromatic carbocycles. The molecule has 1 heterocycles. The van der Waals surface area contributed by atoms with Gasteiger partial charge in [0.25, 0.3) is 0 Å². The lowest BCUT2D eigenvalue weighted by Gasteiger charge is -2.08. The maximum atomic E-state index is 11.9. The summed E-state index contributed by atoms with van der Waals surface area (Å²) in [5, 5.41) is 0. The summed E-state index contributed by atoms with van der Waals surface area (Å²) < 4.78 is 28.3. The molecule has 108 valence electrons. The van der Waals surface area contributed by atoms with Gasteiger partial charge in [0.05, 0.1) is 12.1 Å². The van der Waals surface area contributed by atoms with Gasteiger partial charge in [-0.2, -0.15) is 0 Å². The molecule has 0 aliphatic rings. The molecule has 0 atom stereocenters. The number of nitrogens with one attached hydrogen (secondary N) is 1. The van der Waals surface area contributed by atoms with E-state index in [9.17, 15) is 8.42 Å². The third kappa shape index (κ3) is 4.36. The molecule has 7 heteroatoms. The van der Waals surface area contributed by atoms with Crippen LogP contribution in [-0.4, -0.2) is 24.5 Å². The van der Waals surface area contributed by atoms with E-state index in [1.807, 2.05) is 10.8 Å². The maximum Gasteiger partial charge on any atom is 0.215 e. The fraction of sp³-hybridized carbons (Fsp3) is 0.308. The van der Waals surface area contributed by atoms with Gasteiger partial charge in [0.1, 0.15) is 0 Å². The Morgan fingerprint density at radius 3 is 2.80 bits per heavy atom. The number of hydrogen-bond acceptors (Lipinski definition) is 4. The molecule has 0 saturated heterocycles. The minimum Gasteiger partial charge on any atom is -0.398 e. The zero-order chi connectivity index (χ0) is 14.4. The third-order valence-electron chi connectivity index (χ3n) is 2.87. The number of benzene rings is 1. The normalized spacial score (nSPS) is 11.6. The molecule has 0 spiro atoms. The average molecular weight is 294 g/mol. The average Bonchev–Trinajstić information content (AvgIpc) is 2.90. The van der Waals surface area contributed by atoms with E-state index in [2.05, 4.69) is 9.71 Å². The van der Waals surface area contributed by atoms with Crippen molar-refractivity contribution in [3.8, 4) is 0 Å². The van der Waals surface area contributed by atoms with Crippen molar-refractivity contribution in [3.63, 3.8) is 0 Å². The molecule has 0 unspecified atom stereocenters. The van der Waals surface area contributed by atoms with Gasteiger partial charge in [-0.1, -0.05) is 18.2 Å². The van der Waals surface area contributed by atoms with Crippen molar-refractivity contribution in [1.82, 2.24) is 14.3 Å². The Bertz CT molecular complexity index is 638. The van der Waals surface area contributed by atoms with Gasteiger partial charge < -0.3 is 10.3 Å². The van der Waals surface area contributed by atoms with Crippen LogP contribution in [0.1, 0.15) is 12.0 Å². The second-order valence-corrected chi connectivity index (χ2v) is 6.31. The molecule has 0 fully saturated rings. The van der Waals surface area contributed by atoms with Crippen molar-refractivity contribution < 1.29 is 8.42 Å². The SMILES string of the molecule is Nc1ccccc1CS(=O)(=O)NCCCn1ccnc1. The van der Waals surface area contributed by atoms with Gasteiger partial charge >= 0.3 is 0 Å². The lowest BCUT2D eigenvalue weighted by atomic mass is 10.2. The minimum absolute atomic E-state index is 0.0925. The number of aryl methyl sites for hydroxylation is 1. The van der Waals surface area contributed by atoms with Crippen LogP contribution in [0.4, 0.5) is 5.69 Å². The second kappa shape index (κ2) is 6.53. The van der Waals surface area contributed by atoms with Crippen molar-refractivity contribution in [1.29, 1.82) is 0 Å². The number of anilines is 1. The smallest absolute Gasteiger partial charge is 0.215 e. The van der Waals surface area contributed by atoms with Gasteiger partial charge in [0.15, 0.2) is 0 Å². The number of aromatic nitrogens is 2. The molecule has 20 heavy (non-hydrogen) atoms. The highest BCUT2D eigenvalue weighted by Gasteiger charge is 2.12. The number of imidazole rings is 1. The van der Waals surface area contributed by atoms with E-state index in [1.165, 1.54) is 0 Å². The lowest BCUT2D eigenvalue weighted by molar-refractivity contribution is 0.569. The van der Waals surface area contributed by atoms with E-state index < -0.39 is 10.0 Å². The fourth-order valence-corrected chi connectivity index (χ4v) is 3.06. The number of nitrogens with zero attached hydrogens (tertiary/aromatic N) is 2. The van der Waals surface area contributed by atoms with Crippen LogP contribution in [0.15, 0.2) is 43.0 Å². The highest BCUT2D eigenvalue weighted by Crippen LogP contribution is 2.13. The van der Waals surface area contributed by atoms with E-state index in [4.69, 9.17) is 5.73 Å². The van der Waals surface area contributed by atoms with Gasteiger partial charge in [-0.25, -0.2) is 18.1 Å². The van der Waals surface area contributed by atoms with E-state index >= 15 is 0 Å². The van der Waals surface area contributed by atoms with Crippen molar-refractivity contribution in [2.75, 3.05) is 12.3 Å². The summed E-state index contributed by atoms with van der Waals surface area (Å²) in [5.74, 6) is -0.0925. The zero-order valence-corrected chi connectivity index (χ0v) is 11.9. The standard InChI is InChI=1S/C13H18N4O2S/c14-13-5-2-1-4-12(13)10-20(18,19)16-6-3-8-17-9-7-15-11-17/h1-2,4-5,7,9,11,16H,3,6,8,10,14H2. The predicted molar refractivity (Wildman–Crippen MR) is 78.3 cm³/mol. The maximum absolute atomic E-state index is 11.9. The molecule has 0 radical (unpaired) electrons. The Morgan fingerprint density at radius 1 is 1.30 bits per heavy atom. The highest BCUT2D eigenvalue weighted by atomic mass is 32.2. The summed E-state index contributed by atoms with van der Waals surface area (Å²) in [5.41, 5.74) is 6.86. The molecule has 0 amide bonds. The quantitative estimate of drug-likeness (QED) is 0.588. The van der Waals surface area contributed by atoms with E-state index in [0.29, 0.717) is 24.2 Å². The Labute approximate surface area is 118 Å². The van der Waals surface area contributed by atoms with Crippen LogP contribution in [0.2, 0.25) is 0 Å². The largest absolute Gasteiger partial charge is 0.398 e. The van der Waals surface area contributed by atoms with Crippen LogP contribution in [0.25, 0.3) is 0 Å². The molecule has 2 rings (SSSR count). The first kappa shape index (κ1) is 14.5. The molecular formula is C13H18N4O2S. The minimum atomic E-state index is -3.35. The van der Waals surface area contributed by atoms with Crippen LogP contribution in [0.3, 0.4) is 0 Å². The van der Waals surface area contributed by atoms with Gasteiger partial charge in [-0.15, -0.1) is 0 Å².